The van der Waals surface area contributed by atoms with E-state index in [1.165, 1.54) is 11.3 Å². The fourth-order valence-electron chi connectivity index (χ4n) is 2.85. The van der Waals surface area contributed by atoms with Gasteiger partial charge >= 0.3 is 11.9 Å². The summed E-state index contributed by atoms with van der Waals surface area (Å²) in [6.07, 6.45) is 0. The number of esters is 1. The van der Waals surface area contributed by atoms with Crippen molar-refractivity contribution in [2.75, 3.05) is 6.61 Å². The predicted molar refractivity (Wildman–Crippen MR) is 108 cm³/mol. The molecule has 28 heavy (non-hydrogen) atoms. The van der Waals surface area contributed by atoms with Gasteiger partial charge in [-0.2, -0.15) is 4.99 Å². The molecule has 0 aliphatic heterocycles. The van der Waals surface area contributed by atoms with Crippen LogP contribution in [-0.2, 0) is 16.1 Å². The van der Waals surface area contributed by atoms with E-state index in [4.69, 9.17) is 20.8 Å². The number of nitrogens with zero attached hydrogens (tertiary/aromatic N) is 2. The molecule has 0 aliphatic rings. The van der Waals surface area contributed by atoms with Crippen molar-refractivity contribution in [2.45, 2.75) is 13.5 Å². The summed E-state index contributed by atoms with van der Waals surface area (Å²) in [7, 11) is 0. The van der Waals surface area contributed by atoms with Gasteiger partial charge in [0.15, 0.2) is 10.6 Å². The van der Waals surface area contributed by atoms with Crippen LogP contribution in [0.4, 0.5) is 0 Å². The maximum absolute atomic E-state index is 12.7. The number of thiazole rings is 1. The zero-order valence-electron chi connectivity index (χ0n) is 14.8. The number of fused-ring (bicyclic) bond motifs is 2. The van der Waals surface area contributed by atoms with Crippen LogP contribution in [-0.4, -0.2) is 23.1 Å². The van der Waals surface area contributed by atoms with Crippen LogP contribution in [0.15, 0.2) is 57.9 Å². The molecular weight excluding hydrogens is 400 g/mol. The van der Waals surface area contributed by atoms with Gasteiger partial charge in [0.1, 0.15) is 12.1 Å². The highest BCUT2D eigenvalue weighted by Gasteiger charge is 2.15. The van der Waals surface area contributed by atoms with Gasteiger partial charge in [-0.3, -0.25) is 9.59 Å². The summed E-state index contributed by atoms with van der Waals surface area (Å²) in [5.41, 5.74) is 1.36. The van der Waals surface area contributed by atoms with Crippen molar-refractivity contribution in [1.82, 2.24) is 4.57 Å². The molecule has 0 atom stereocenters. The van der Waals surface area contributed by atoms with Gasteiger partial charge in [0, 0.05) is 10.4 Å². The molecule has 0 aliphatic carbocycles. The normalized spacial score (nSPS) is 12.0. The Labute approximate surface area is 168 Å². The Morgan fingerprint density at radius 1 is 1.21 bits per heavy atom. The van der Waals surface area contributed by atoms with Gasteiger partial charge in [-0.15, -0.1) is 0 Å². The minimum atomic E-state index is -0.522. The number of hydrogen-bond donors (Lipinski definition) is 0. The number of carbonyl (C=O) groups is 2. The highest BCUT2D eigenvalue weighted by Crippen LogP contribution is 2.23. The Morgan fingerprint density at radius 3 is 2.82 bits per heavy atom. The molecule has 0 bridgehead atoms. The number of rotatable bonds is 4. The van der Waals surface area contributed by atoms with Gasteiger partial charge < -0.3 is 13.7 Å². The molecule has 8 heteroatoms. The molecule has 0 N–H and O–H groups in total. The van der Waals surface area contributed by atoms with E-state index in [1.807, 2.05) is 18.2 Å². The Bertz CT molecular complexity index is 1240. The molecule has 4 rings (SSSR count). The van der Waals surface area contributed by atoms with Gasteiger partial charge in [0.05, 0.1) is 16.8 Å². The second-order valence-electron chi connectivity index (χ2n) is 5.95. The fourth-order valence-corrected chi connectivity index (χ4v) is 4.15. The summed E-state index contributed by atoms with van der Waals surface area (Å²) in [6.45, 7) is 1.96. The van der Waals surface area contributed by atoms with E-state index in [2.05, 4.69) is 4.99 Å². The topological polar surface area (TPSA) is 73.8 Å². The first-order chi connectivity index (χ1) is 13.5. The van der Waals surface area contributed by atoms with E-state index in [0.717, 1.165) is 15.6 Å². The summed E-state index contributed by atoms with van der Waals surface area (Å²) in [4.78, 5) is 29.3. The molecule has 2 aromatic heterocycles. The molecule has 6 nitrogen and oxygen atoms in total. The van der Waals surface area contributed by atoms with Crippen LogP contribution in [0.25, 0.3) is 21.2 Å². The predicted octanol–water partition coefficient (Wildman–Crippen LogP) is 4.41. The number of aromatic nitrogens is 1. The summed E-state index contributed by atoms with van der Waals surface area (Å²) in [5, 5.41) is 1.38. The lowest BCUT2D eigenvalue weighted by Gasteiger charge is -2.05. The maximum Gasteiger partial charge on any atom is 0.326 e. The smallest absolute Gasteiger partial charge is 0.326 e. The summed E-state index contributed by atoms with van der Waals surface area (Å²) in [6, 6.07) is 14.3. The molecule has 2 heterocycles. The minimum absolute atomic E-state index is 0.0539. The van der Waals surface area contributed by atoms with Crippen LogP contribution < -0.4 is 4.80 Å². The van der Waals surface area contributed by atoms with Gasteiger partial charge in [-0.05, 0) is 37.3 Å². The fraction of sp³-hybridized carbons (Fsp3) is 0.150. The SMILES string of the molecule is CCOC(=O)Cn1c(=NC(=O)c2cc3ccccc3o2)sc2cc(Cl)ccc21. The molecule has 142 valence electrons. The van der Waals surface area contributed by atoms with Crippen LogP contribution in [0.1, 0.15) is 17.5 Å². The Morgan fingerprint density at radius 2 is 2.04 bits per heavy atom. The third-order valence-electron chi connectivity index (χ3n) is 4.07. The third kappa shape index (κ3) is 3.58. The highest BCUT2D eigenvalue weighted by atomic mass is 35.5. The standard InChI is InChI=1S/C20H15ClN2O4S/c1-2-26-18(24)11-23-14-8-7-13(21)10-17(14)28-20(23)22-19(25)16-9-12-5-3-4-6-15(12)27-16/h3-10H,2,11H2,1H3. The number of para-hydroxylation sites is 1. The summed E-state index contributed by atoms with van der Waals surface area (Å²) in [5.74, 6) is -0.791. The van der Waals surface area contributed by atoms with E-state index in [1.54, 1.807) is 41.8 Å². The average Bonchev–Trinajstić information content (AvgIpc) is 3.23. The molecule has 0 unspecified atom stereocenters. The highest BCUT2D eigenvalue weighted by molar-refractivity contribution is 7.16. The van der Waals surface area contributed by atoms with Crippen molar-refractivity contribution < 1.29 is 18.7 Å². The first-order valence-electron chi connectivity index (χ1n) is 8.57. The van der Waals surface area contributed by atoms with Crippen molar-refractivity contribution in [3.8, 4) is 0 Å². The lowest BCUT2D eigenvalue weighted by molar-refractivity contribution is -0.143. The van der Waals surface area contributed by atoms with Gasteiger partial charge in [0.2, 0.25) is 0 Å². The number of benzene rings is 2. The molecule has 0 radical (unpaired) electrons. The van der Waals surface area contributed by atoms with Crippen LogP contribution in [0.2, 0.25) is 5.02 Å². The van der Waals surface area contributed by atoms with Gasteiger partial charge in [-0.1, -0.05) is 41.1 Å². The van der Waals surface area contributed by atoms with Crippen molar-refractivity contribution in [2.24, 2.45) is 4.99 Å². The van der Waals surface area contributed by atoms with E-state index < -0.39 is 11.9 Å². The number of ether oxygens (including phenoxy) is 1. The number of furan rings is 1. The summed E-state index contributed by atoms with van der Waals surface area (Å²) >= 11 is 7.35. The quantitative estimate of drug-likeness (QED) is 0.464. The lowest BCUT2D eigenvalue weighted by Crippen LogP contribution is -2.23. The Kier molecular flexibility index (Phi) is 5.02. The Balaban J connectivity index is 1.81. The largest absolute Gasteiger partial charge is 0.465 e. The third-order valence-corrected chi connectivity index (χ3v) is 5.35. The average molecular weight is 415 g/mol. The van der Waals surface area contributed by atoms with E-state index in [0.29, 0.717) is 15.4 Å². The van der Waals surface area contributed by atoms with Crippen LogP contribution in [0.3, 0.4) is 0 Å². The van der Waals surface area contributed by atoms with Crippen molar-refractivity contribution in [3.05, 3.63) is 64.1 Å². The lowest BCUT2D eigenvalue weighted by atomic mass is 10.2. The maximum atomic E-state index is 12.7. The molecule has 0 saturated carbocycles. The van der Waals surface area contributed by atoms with Gasteiger partial charge in [0.25, 0.3) is 0 Å². The summed E-state index contributed by atoms with van der Waals surface area (Å²) < 4.78 is 13.1. The van der Waals surface area contributed by atoms with Crippen molar-refractivity contribution in [1.29, 1.82) is 0 Å². The molecule has 4 aromatic rings. The van der Waals surface area contributed by atoms with Crippen molar-refractivity contribution in [3.63, 3.8) is 0 Å². The molecular formula is C20H15ClN2O4S. The number of amides is 1. The van der Waals surface area contributed by atoms with Crippen molar-refractivity contribution >= 4 is 56.0 Å². The monoisotopic (exact) mass is 414 g/mol. The second-order valence-corrected chi connectivity index (χ2v) is 7.40. The zero-order chi connectivity index (χ0) is 19.7. The van der Waals surface area contributed by atoms with Gasteiger partial charge in [-0.25, -0.2) is 0 Å². The first kappa shape index (κ1) is 18.5. The number of carbonyl (C=O) groups excluding carboxylic acids is 2. The van der Waals surface area contributed by atoms with Crippen LogP contribution in [0.5, 0.6) is 0 Å². The van der Waals surface area contributed by atoms with E-state index in [9.17, 15) is 9.59 Å². The van der Waals surface area contributed by atoms with E-state index >= 15 is 0 Å². The minimum Gasteiger partial charge on any atom is -0.465 e. The number of halogens is 1. The zero-order valence-corrected chi connectivity index (χ0v) is 16.4. The van der Waals surface area contributed by atoms with Crippen LogP contribution in [0, 0.1) is 0 Å². The molecule has 0 spiro atoms. The molecule has 0 saturated heterocycles. The molecule has 2 aromatic carbocycles. The number of hydrogen-bond acceptors (Lipinski definition) is 5. The van der Waals surface area contributed by atoms with Crippen LogP contribution >= 0.6 is 22.9 Å². The Hall–Kier alpha value is -2.90. The molecule has 0 fully saturated rings. The van der Waals surface area contributed by atoms with E-state index in [-0.39, 0.29) is 18.9 Å². The second kappa shape index (κ2) is 7.61. The first-order valence-corrected chi connectivity index (χ1v) is 9.77. The molecule has 1 amide bonds.